The predicted octanol–water partition coefficient (Wildman–Crippen LogP) is 2.98. The fourth-order valence-electron chi connectivity index (χ4n) is 1.01. The molecule has 0 aromatic carbocycles. The van der Waals surface area contributed by atoms with Crippen molar-refractivity contribution in [3.05, 3.63) is 0 Å². The molecule has 0 amide bonds. The van der Waals surface area contributed by atoms with Gasteiger partial charge < -0.3 is 4.84 Å². The lowest BCUT2D eigenvalue weighted by Crippen LogP contribution is -1.98. The molecule has 0 aliphatic rings. The highest BCUT2D eigenvalue weighted by molar-refractivity contribution is 5.83. The van der Waals surface area contributed by atoms with Crippen LogP contribution in [0.3, 0.4) is 0 Å². The maximum Gasteiger partial charge on any atom is 0.106 e. The first-order valence-corrected chi connectivity index (χ1v) is 4.44. The lowest BCUT2D eigenvalue weighted by Gasteiger charge is -2.01. The Hall–Kier alpha value is -0.530. The summed E-state index contributed by atoms with van der Waals surface area (Å²) >= 11 is 0. The van der Waals surface area contributed by atoms with E-state index in [2.05, 4.69) is 19.0 Å². The molecular weight excluding hydrogens is 138 g/mol. The lowest BCUT2D eigenvalue weighted by molar-refractivity contribution is 0.211. The molecule has 11 heavy (non-hydrogen) atoms. The molecular formula is C9H19NO. The van der Waals surface area contributed by atoms with Crippen LogP contribution in [-0.2, 0) is 4.84 Å². The summed E-state index contributed by atoms with van der Waals surface area (Å²) in [4.78, 5) is 4.74. The van der Waals surface area contributed by atoms with Crippen LogP contribution >= 0.6 is 0 Å². The molecule has 0 saturated heterocycles. The van der Waals surface area contributed by atoms with Gasteiger partial charge in [0.25, 0.3) is 0 Å². The van der Waals surface area contributed by atoms with Gasteiger partial charge in [-0.1, -0.05) is 31.8 Å². The molecule has 0 fully saturated rings. The smallest absolute Gasteiger partial charge is 0.106 e. The minimum Gasteiger partial charge on any atom is -0.399 e. The summed E-state index contributed by atoms with van der Waals surface area (Å²) in [6, 6.07) is 0. The van der Waals surface area contributed by atoms with Gasteiger partial charge in [-0.15, -0.1) is 0 Å². The monoisotopic (exact) mass is 157 g/mol. The molecule has 0 bridgehead atoms. The second-order valence-corrected chi connectivity index (χ2v) is 2.69. The van der Waals surface area contributed by atoms with Crippen molar-refractivity contribution < 1.29 is 4.84 Å². The van der Waals surface area contributed by atoms with Crippen LogP contribution in [0.25, 0.3) is 0 Å². The van der Waals surface area contributed by atoms with E-state index in [0.29, 0.717) is 0 Å². The van der Waals surface area contributed by atoms with E-state index in [1.807, 2.05) is 0 Å². The molecule has 0 aliphatic carbocycles. The Morgan fingerprint density at radius 2 is 1.91 bits per heavy atom. The van der Waals surface area contributed by atoms with Crippen molar-refractivity contribution >= 4 is 5.71 Å². The third kappa shape index (κ3) is 5.89. The Labute approximate surface area is 69.6 Å². The van der Waals surface area contributed by atoms with Gasteiger partial charge in [0.2, 0.25) is 0 Å². The van der Waals surface area contributed by atoms with Crippen molar-refractivity contribution in [2.24, 2.45) is 5.16 Å². The zero-order chi connectivity index (χ0) is 8.53. The molecule has 0 aromatic heterocycles. The van der Waals surface area contributed by atoms with Gasteiger partial charge in [0.15, 0.2) is 0 Å². The molecule has 0 unspecified atom stereocenters. The first kappa shape index (κ1) is 10.5. The number of nitrogens with zero attached hydrogens (tertiary/aromatic N) is 1. The first-order chi connectivity index (χ1) is 5.35. The number of rotatable bonds is 6. The molecule has 0 heterocycles. The average molecular weight is 157 g/mol. The second kappa shape index (κ2) is 7.58. The van der Waals surface area contributed by atoms with E-state index < -0.39 is 0 Å². The standard InChI is InChI=1S/C9H19NO/c1-4-6-8-9(7-5-2)10-11-3/h4-8H2,1-3H3/b10-9+. The summed E-state index contributed by atoms with van der Waals surface area (Å²) in [5.74, 6) is 0. The van der Waals surface area contributed by atoms with Crippen molar-refractivity contribution in [1.29, 1.82) is 0 Å². The van der Waals surface area contributed by atoms with E-state index in [0.717, 1.165) is 19.3 Å². The van der Waals surface area contributed by atoms with Crippen molar-refractivity contribution in [1.82, 2.24) is 0 Å². The molecule has 66 valence electrons. The van der Waals surface area contributed by atoms with Crippen LogP contribution in [0.15, 0.2) is 5.16 Å². The maximum atomic E-state index is 4.74. The molecule has 0 rings (SSSR count). The molecule has 0 atom stereocenters. The number of unbranched alkanes of at least 4 members (excludes halogenated alkanes) is 1. The molecule has 0 aliphatic heterocycles. The zero-order valence-corrected chi connectivity index (χ0v) is 7.89. The highest BCUT2D eigenvalue weighted by atomic mass is 16.6. The molecule has 0 aromatic rings. The Morgan fingerprint density at radius 1 is 1.18 bits per heavy atom. The highest BCUT2D eigenvalue weighted by Crippen LogP contribution is 2.03. The third-order valence-corrected chi connectivity index (χ3v) is 1.58. The summed E-state index contributed by atoms with van der Waals surface area (Å²) in [6.45, 7) is 4.35. The van der Waals surface area contributed by atoms with Crippen LogP contribution in [0.4, 0.5) is 0 Å². The maximum absolute atomic E-state index is 4.74. The van der Waals surface area contributed by atoms with Crippen LogP contribution in [0.5, 0.6) is 0 Å². The van der Waals surface area contributed by atoms with Gasteiger partial charge in [-0.3, -0.25) is 0 Å². The van der Waals surface area contributed by atoms with Gasteiger partial charge in [0.1, 0.15) is 7.11 Å². The molecule has 0 radical (unpaired) electrons. The molecule has 0 saturated carbocycles. The third-order valence-electron chi connectivity index (χ3n) is 1.58. The Kier molecular flexibility index (Phi) is 7.21. The van der Waals surface area contributed by atoms with Crippen molar-refractivity contribution in [3.8, 4) is 0 Å². The highest BCUT2D eigenvalue weighted by Gasteiger charge is 1.97. The van der Waals surface area contributed by atoms with Crippen molar-refractivity contribution in [2.45, 2.75) is 46.0 Å². The van der Waals surface area contributed by atoms with Crippen LogP contribution < -0.4 is 0 Å². The lowest BCUT2D eigenvalue weighted by atomic mass is 10.1. The van der Waals surface area contributed by atoms with E-state index in [1.54, 1.807) is 7.11 Å². The summed E-state index contributed by atoms with van der Waals surface area (Å²) in [5.41, 5.74) is 1.21. The molecule has 0 spiro atoms. The Bertz CT molecular complexity index is 110. The van der Waals surface area contributed by atoms with Crippen LogP contribution in [0.2, 0.25) is 0 Å². The van der Waals surface area contributed by atoms with Gasteiger partial charge in [0.05, 0.1) is 5.71 Å². The molecule has 0 N–H and O–H groups in total. The topological polar surface area (TPSA) is 21.6 Å². The molecule has 2 heteroatoms. The minimum absolute atomic E-state index is 1.08. The van der Waals surface area contributed by atoms with Gasteiger partial charge >= 0.3 is 0 Å². The van der Waals surface area contributed by atoms with Gasteiger partial charge in [-0.2, -0.15) is 0 Å². The fraction of sp³-hybridized carbons (Fsp3) is 0.889. The van der Waals surface area contributed by atoms with Gasteiger partial charge in [-0.25, -0.2) is 0 Å². The largest absolute Gasteiger partial charge is 0.399 e. The van der Waals surface area contributed by atoms with Crippen LogP contribution in [-0.4, -0.2) is 12.8 Å². The van der Waals surface area contributed by atoms with Gasteiger partial charge in [-0.05, 0) is 19.3 Å². The van der Waals surface area contributed by atoms with Crippen molar-refractivity contribution in [3.63, 3.8) is 0 Å². The number of hydrogen-bond acceptors (Lipinski definition) is 2. The SMILES string of the molecule is CCCC/C(CCC)=N/OC. The zero-order valence-electron chi connectivity index (χ0n) is 7.89. The first-order valence-electron chi connectivity index (χ1n) is 4.44. The van der Waals surface area contributed by atoms with E-state index in [9.17, 15) is 0 Å². The van der Waals surface area contributed by atoms with Gasteiger partial charge in [0, 0.05) is 0 Å². The quantitative estimate of drug-likeness (QED) is 0.429. The normalized spacial score (nSPS) is 11.7. The number of oxime groups is 1. The van der Waals surface area contributed by atoms with E-state index in [1.165, 1.54) is 18.6 Å². The summed E-state index contributed by atoms with van der Waals surface area (Å²) < 4.78 is 0. The van der Waals surface area contributed by atoms with Crippen LogP contribution in [0.1, 0.15) is 46.0 Å². The van der Waals surface area contributed by atoms with E-state index in [-0.39, 0.29) is 0 Å². The summed E-state index contributed by atoms with van der Waals surface area (Å²) in [7, 11) is 1.61. The Morgan fingerprint density at radius 3 is 2.36 bits per heavy atom. The Balaban J connectivity index is 3.60. The average Bonchev–Trinajstić information content (AvgIpc) is 2.01. The molecule has 2 nitrogen and oxygen atoms in total. The van der Waals surface area contributed by atoms with Crippen LogP contribution in [0, 0.1) is 0 Å². The summed E-state index contributed by atoms with van der Waals surface area (Å²) in [5, 5.41) is 3.97. The summed E-state index contributed by atoms with van der Waals surface area (Å²) in [6.07, 6.45) is 5.78. The van der Waals surface area contributed by atoms with E-state index in [4.69, 9.17) is 4.84 Å². The second-order valence-electron chi connectivity index (χ2n) is 2.69. The van der Waals surface area contributed by atoms with Crippen molar-refractivity contribution in [2.75, 3.05) is 7.11 Å². The predicted molar refractivity (Wildman–Crippen MR) is 48.9 cm³/mol. The minimum atomic E-state index is 1.08. The fourth-order valence-corrected chi connectivity index (χ4v) is 1.01. The number of hydrogen-bond donors (Lipinski definition) is 0. The van der Waals surface area contributed by atoms with E-state index >= 15 is 0 Å².